The molecule has 7 heteroatoms. The van der Waals surface area contributed by atoms with Crippen LogP contribution in [0.3, 0.4) is 0 Å². The first kappa shape index (κ1) is 19.6. The Morgan fingerprint density at radius 3 is 2.89 bits per heavy atom. The van der Waals surface area contributed by atoms with E-state index in [9.17, 15) is 4.79 Å². The minimum atomic E-state index is -0.262. The van der Waals surface area contributed by atoms with Gasteiger partial charge in [0, 0.05) is 6.54 Å². The van der Waals surface area contributed by atoms with Crippen molar-refractivity contribution < 1.29 is 4.79 Å². The molecule has 1 aliphatic rings. The van der Waals surface area contributed by atoms with Gasteiger partial charge >= 0.3 is 0 Å². The summed E-state index contributed by atoms with van der Waals surface area (Å²) in [7, 11) is 0. The molecule has 0 bridgehead atoms. The van der Waals surface area contributed by atoms with Crippen LogP contribution in [-0.4, -0.2) is 37.9 Å². The van der Waals surface area contributed by atoms with Crippen molar-refractivity contribution in [2.24, 2.45) is 0 Å². The molecule has 1 atom stereocenters. The Labute approximate surface area is 164 Å². The number of aryl methyl sites for hydroxylation is 2. The van der Waals surface area contributed by atoms with E-state index in [0.717, 1.165) is 12.1 Å². The molecule has 1 unspecified atom stereocenters. The van der Waals surface area contributed by atoms with Crippen molar-refractivity contribution >= 4 is 17.7 Å². The largest absolute Gasteiger partial charge is 0.355 e. The number of nitrogens with zero attached hydrogens (tertiary/aromatic N) is 4. The van der Waals surface area contributed by atoms with Crippen LogP contribution in [0, 0.1) is 13.8 Å². The fourth-order valence-electron chi connectivity index (χ4n) is 3.11. The Hall–Kier alpha value is -2.15. The van der Waals surface area contributed by atoms with Gasteiger partial charge in [-0.1, -0.05) is 29.5 Å². The van der Waals surface area contributed by atoms with Gasteiger partial charge in [0.25, 0.3) is 0 Å². The van der Waals surface area contributed by atoms with Gasteiger partial charge in [-0.3, -0.25) is 4.79 Å². The normalized spacial score (nSPS) is 15.3. The molecule has 0 radical (unpaired) electrons. The van der Waals surface area contributed by atoms with Crippen molar-refractivity contribution in [2.45, 2.75) is 63.3 Å². The highest BCUT2D eigenvalue weighted by molar-refractivity contribution is 8.00. The van der Waals surface area contributed by atoms with E-state index in [1.807, 2.05) is 13.0 Å². The average molecular weight is 386 g/mol. The second-order valence-electron chi connectivity index (χ2n) is 7.05. The van der Waals surface area contributed by atoms with Crippen LogP contribution in [0.4, 0.5) is 0 Å². The summed E-state index contributed by atoms with van der Waals surface area (Å²) < 4.78 is 1.69. The van der Waals surface area contributed by atoms with E-state index in [1.165, 1.54) is 54.1 Å². The number of hydrogen-bond donors (Lipinski definition) is 1. The SMILES string of the molecule is Cc1ccc(-n2nnnc2SC(C)C(=O)NCCC2=CCCCC2)cc1C. The molecular weight excluding hydrogens is 358 g/mol. The summed E-state index contributed by atoms with van der Waals surface area (Å²) in [5, 5.41) is 15.4. The number of carbonyl (C=O) groups excluding carboxylic acids is 1. The predicted molar refractivity (Wildman–Crippen MR) is 108 cm³/mol. The third-order valence-electron chi connectivity index (χ3n) is 4.96. The number of allylic oxidation sites excluding steroid dienone is 1. The smallest absolute Gasteiger partial charge is 0.233 e. The molecule has 0 aliphatic heterocycles. The van der Waals surface area contributed by atoms with Gasteiger partial charge in [-0.05, 0) is 86.6 Å². The molecule has 6 nitrogen and oxygen atoms in total. The average Bonchev–Trinajstić information content (AvgIpc) is 3.13. The third-order valence-corrected chi connectivity index (χ3v) is 5.99. The minimum absolute atomic E-state index is 0.0195. The fraction of sp³-hybridized carbons (Fsp3) is 0.500. The van der Waals surface area contributed by atoms with Crippen molar-refractivity contribution in [3.63, 3.8) is 0 Å². The van der Waals surface area contributed by atoms with Crippen LogP contribution < -0.4 is 5.32 Å². The molecule has 2 aromatic rings. The maximum absolute atomic E-state index is 12.4. The van der Waals surface area contributed by atoms with Crippen molar-refractivity contribution in [1.82, 2.24) is 25.5 Å². The maximum Gasteiger partial charge on any atom is 0.233 e. The molecule has 1 aromatic carbocycles. The second kappa shape index (κ2) is 9.17. The number of hydrogen-bond acceptors (Lipinski definition) is 5. The Bertz CT molecular complexity index is 830. The molecule has 1 aliphatic carbocycles. The summed E-state index contributed by atoms with van der Waals surface area (Å²) in [5.41, 5.74) is 4.78. The van der Waals surface area contributed by atoms with E-state index in [-0.39, 0.29) is 11.2 Å². The zero-order chi connectivity index (χ0) is 19.2. The quantitative estimate of drug-likeness (QED) is 0.580. The molecule has 1 amide bonds. The lowest BCUT2D eigenvalue weighted by atomic mass is 9.97. The highest BCUT2D eigenvalue weighted by atomic mass is 32.2. The van der Waals surface area contributed by atoms with Gasteiger partial charge < -0.3 is 5.32 Å². The first-order valence-electron chi connectivity index (χ1n) is 9.53. The molecule has 27 heavy (non-hydrogen) atoms. The van der Waals surface area contributed by atoms with Crippen molar-refractivity contribution in [1.29, 1.82) is 0 Å². The molecule has 1 heterocycles. The van der Waals surface area contributed by atoms with Gasteiger partial charge in [-0.15, -0.1) is 5.10 Å². The zero-order valence-electron chi connectivity index (χ0n) is 16.2. The lowest BCUT2D eigenvalue weighted by Gasteiger charge is -2.15. The van der Waals surface area contributed by atoms with Crippen LogP contribution >= 0.6 is 11.8 Å². The van der Waals surface area contributed by atoms with Gasteiger partial charge in [-0.25, -0.2) is 0 Å². The topological polar surface area (TPSA) is 72.7 Å². The van der Waals surface area contributed by atoms with Crippen LogP contribution in [0.25, 0.3) is 5.69 Å². The van der Waals surface area contributed by atoms with Crippen LogP contribution in [0.5, 0.6) is 0 Å². The lowest BCUT2D eigenvalue weighted by Crippen LogP contribution is -2.32. The summed E-state index contributed by atoms with van der Waals surface area (Å²) in [6.07, 6.45) is 8.18. The highest BCUT2D eigenvalue weighted by Gasteiger charge is 2.19. The number of tetrazole rings is 1. The van der Waals surface area contributed by atoms with E-state index in [0.29, 0.717) is 11.7 Å². The maximum atomic E-state index is 12.4. The summed E-state index contributed by atoms with van der Waals surface area (Å²) in [6, 6.07) is 6.10. The van der Waals surface area contributed by atoms with E-state index in [2.05, 4.69) is 52.9 Å². The molecule has 0 fully saturated rings. The van der Waals surface area contributed by atoms with Gasteiger partial charge in [0.15, 0.2) is 0 Å². The summed E-state index contributed by atoms with van der Waals surface area (Å²) >= 11 is 1.38. The van der Waals surface area contributed by atoms with Crippen molar-refractivity contribution in [2.75, 3.05) is 6.54 Å². The Kier molecular flexibility index (Phi) is 6.66. The molecule has 3 rings (SSSR count). The standard InChI is InChI=1S/C20H27N5OS/c1-14-9-10-18(13-15(14)2)25-20(22-23-24-25)27-16(3)19(26)21-12-11-17-7-5-4-6-8-17/h7,9-10,13,16H,4-6,8,11-12H2,1-3H3,(H,21,26). The number of aromatic nitrogens is 4. The molecule has 0 saturated carbocycles. The first-order chi connectivity index (χ1) is 13.0. The predicted octanol–water partition coefficient (Wildman–Crippen LogP) is 3.77. The zero-order valence-corrected chi connectivity index (χ0v) is 17.1. The minimum Gasteiger partial charge on any atom is -0.355 e. The van der Waals surface area contributed by atoms with E-state index < -0.39 is 0 Å². The van der Waals surface area contributed by atoms with E-state index in [1.54, 1.807) is 4.68 Å². The Balaban J connectivity index is 1.57. The third kappa shape index (κ3) is 5.19. The van der Waals surface area contributed by atoms with Gasteiger partial charge in [0.05, 0.1) is 10.9 Å². The summed E-state index contributed by atoms with van der Waals surface area (Å²) in [6.45, 7) is 6.72. The van der Waals surface area contributed by atoms with Crippen LogP contribution in [0.15, 0.2) is 35.0 Å². The van der Waals surface area contributed by atoms with Gasteiger partial charge in [0.2, 0.25) is 11.1 Å². The van der Waals surface area contributed by atoms with Gasteiger partial charge in [-0.2, -0.15) is 4.68 Å². The number of thioether (sulfide) groups is 1. The first-order valence-corrected chi connectivity index (χ1v) is 10.4. The molecule has 144 valence electrons. The van der Waals surface area contributed by atoms with Crippen LogP contribution in [0.1, 0.15) is 50.2 Å². The number of amides is 1. The monoisotopic (exact) mass is 385 g/mol. The van der Waals surface area contributed by atoms with Gasteiger partial charge in [0.1, 0.15) is 0 Å². The van der Waals surface area contributed by atoms with Crippen LogP contribution in [-0.2, 0) is 4.79 Å². The van der Waals surface area contributed by atoms with E-state index >= 15 is 0 Å². The Morgan fingerprint density at radius 2 is 2.15 bits per heavy atom. The number of carbonyl (C=O) groups is 1. The van der Waals surface area contributed by atoms with Crippen molar-refractivity contribution in [3.05, 3.63) is 41.0 Å². The Morgan fingerprint density at radius 1 is 1.30 bits per heavy atom. The number of nitrogens with one attached hydrogen (secondary N) is 1. The molecule has 1 N–H and O–H groups in total. The fourth-order valence-corrected chi connectivity index (χ4v) is 3.94. The molecule has 0 saturated heterocycles. The molecule has 1 aromatic heterocycles. The molecular formula is C20H27N5OS. The second-order valence-corrected chi connectivity index (χ2v) is 8.36. The van der Waals surface area contributed by atoms with E-state index in [4.69, 9.17) is 0 Å². The lowest BCUT2D eigenvalue weighted by molar-refractivity contribution is -0.120. The summed E-state index contributed by atoms with van der Waals surface area (Å²) in [5.74, 6) is 0.0195. The number of rotatable bonds is 7. The highest BCUT2D eigenvalue weighted by Crippen LogP contribution is 2.24. The van der Waals surface area contributed by atoms with Crippen molar-refractivity contribution in [3.8, 4) is 5.69 Å². The molecule has 0 spiro atoms. The summed E-state index contributed by atoms with van der Waals surface area (Å²) in [4.78, 5) is 12.4. The van der Waals surface area contributed by atoms with Crippen LogP contribution in [0.2, 0.25) is 0 Å². The number of benzene rings is 1.